The Hall–Kier alpha value is -4.07. The molecule has 0 saturated carbocycles. The van der Waals surface area contributed by atoms with Crippen LogP contribution in [0.15, 0.2) is 55.1 Å². The van der Waals surface area contributed by atoms with Crippen molar-refractivity contribution in [3.63, 3.8) is 0 Å². The van der Waals surface area contributed by atoms with Crippen LogP contribution in [0.5, 0.6) is 0 Å². The molecule has 7 nitrogen and oxygen atoms in total. The maximum absolute atomic E-state index is 14.7. The maximum Gasteiger partial charge on any atom is 0.410 e. The summed E-state index contributed by atoms with van der Waals surface area (Å²) in [5.41, 5.74) is 5.01. The third kappa shape index (κ3) is 5.60. The van der Waals surface area contributed by atoms with Gasteiger partial charge in [-0.3, -0.25) is 14.8 Å². The zero-order chi connectivity index (χ0) is 29.5. The fourth-order valence-electron chi connectivity index (χ4n) is 5.79. The second kappa shape index (κ2) is 11.1. The molecule has 0 bridgehead atoms. The molecule has 0 radical (unpaired) electrons. The number of halogens is 1. The Labute approximate surface area is 240 Å². The molecule has 1 saturated heterocycles. The number of aromatic nitrogens is 3. The molecular formula is C33H37FN4O3. The summed E-state index contributed by atoms with van der Waals surface area (Å²) in [7, 11) is 0. The zero-order valence-corrected chi connectivity index (χ0v) is 24.6. The largest absolute Gasteiger partial charge is 0.444 e. The van der Waals surface area contributed by atoms with E-state index in [1.165, 1.54) is 12.1 Å². The fourth-order valence-corrected chi connectivity index (χ4v) is 5.79. The van der Waals surface area contributed by atoms with E-state index in [4.69, 9.17) is 4.74 Å². The minimum Gasteiger partial charge on any atom is -0.444 e. The molecule has 1 amide bonds. The third-order valence-corrected chi connectivity index (χ3v) is 7.74. The van der Waals surface area contributed by atoms with E-state index in [9.17, 15) is 14.0 Å². The van der Waals surface area contributed by atoms with Crippen molar-refractivity contribution in [1.29, 1.82) is 0 Å². The van der Waals surface area contributed by atoms with Crippen molar-refractivity contribution in [3.05, 3.63) is 77.8 Å². The summed E-state index contributed by atoms with van der Waals surface area (Å²) in [6.45, 7) is 12.6. The van der Waals surface area contributed by atoms with Gasteiger partial charge in [-0.25, -0.2) is 9.18 Å². The Morgan fingerprint density at radius 1 is 1.00 bits per heavy atom. The second-order valence-corrected chi connectivity index (χ2v) is 12.1. The molecule has 41 heavy (non-hydrogen) atoms. The molecule has 214 valence electrons. The highest BCUT2D eigenvalue weighted by Crippen LogP contribution is 2.38. The molecule has 0 spiro atoms. The van der Waals surface area contributed by atoms with Crippen molar-refractivity contribution in [2.45, 2.75) is 65.9 Å². The number of hydrogen-bond donors (Lipinski definition) is 0. The molecule has 4 heterocycles. The van der Waals surface area contributed by atoms with E-state index in [0.29, 0.717) is 37.1 Å². The first-order valence-electron chi connectivity index (χ1n) is 14.2. The van der Waals surface area contributed by atoms with Crippen molar-refractivity contribution in [2.75, 3.05) is 13.1 Å². The van der Waals surface area contributed by atoms with Gasteiger partial charge in [-0.15, -0.1) is 0 Å². The number of hydrogen-bond acceptors (Lipinski definition) is 5. The van der Waals surface area contributed by atoms with Gasteiger partial charge in [-0.1, -0.05) is 13.8 Å². The molecule has 5 rings (SSSR count). The molecule has 0 atom stereocenters. The van der Waals surface area contributed by atoms with Gasteiger partial charge >= 0.3 is 6.09 Å². The number of pyridine rings is 2. The molecule has 1 aliphatic heterocycles. The molecule has 1 fully saturated rings. The minimum absolute atomic E-state index is 0.0502. The van der Waals surface area contributed by atoms with Gasteiger partial charge in [0.25, 0.3) is 0 Å². The van der Waals surface area contributed by atoms with Crippen LogP contribution in [0.1, 0.15) is 75.0 Å². The van der Waals surface area contributed by atoms with Crippen molar-refractivity contribution in [2.24, 2.45) is 5.92 Å². The molecule has 0 N–H and O–H groups in total. The summed E-state index contributed by atoms with van der Waals surface area (Å²) in [5, 5.41) is 0.808. The predicted octanol–water partition coefficient (Wildman–Crippen LogP) is 7.49. The van der Waals surface area contributed by atoms with Crippen LogP contribution in [0.3, 0.4) is 0 Å². The number of carbonyl (C=O) groups excluding carboxylic acids is 2. The average molecular weight is 557 g/mol. The van der Waals surface area contributed by atoms with Crippen LogP contribution in [-0.2, 0) is 4.74 Å². The number of ketones is 1. The van der Waals surface area contributed by atoms with Gasteiger partial charge < -0.3 is 14.2 Å². The summed E-state index contributed by atoms with van der Waals surface area (Å²) >= 11 is 0. The van der Waals surface area contributed by atoms with Crippen LogP contribution in [-0.4, -0.2) is 50.0 Å². The molecule has 0 unspecified atom stereocenters. The number of rotatable bonds is 5. The predicted molar refractivity (Wildman–Crippen MR) is 158 cm³/mol. The lowest BCUT2D eigenvalue weighted by molar-refractivity contribution is 0.0182. The SMILES string of the molecule is Cc1c(C(=O)C2CCN(C(=O)OC(C)(C)C)CC2)c2ccncc2n1-c1ccc(F)cc1-c1cnccc1C(C)C. The Morgan fingerprint density at radius 2 is 1.68 bits per heavy atom. The number of piperidine rings is 1. The Bertz CT molecular complexity index is 1610. The van der Waals surface area contributed by atoms with E-state index in [0.717, 1.165) is 33.4 Å². The number of likely N-dealkylation sites (tertiary alicyclic amines) is 1. The normalized spacial score (nSPS) is 14.6. The number of benzene rings is 1. The Morgan fingerprint density at radius 3 is 2.37 bits per heavy atom. The standard InChI is InChI=1S/C33H37FN4O3/c1-20(2)24-9-13-35-18-27(24)26-17-23(34)7-8-28(26)38-21(3)30(25-10-14-36-19-29(25)38)31(39)22-11-15-37(16-12-22)32(40)41-33(4,5)6/h7-10,13-14,17-20,22H,11-12,15-16H2,1-6H3. The van der Waals surface area contributed by atoms with Gasteiger partial charge in [0.05, 0.1) is 17.4 Å². The van der Waals surface area contributed by atoms with E-state index in [2.05, 4.69) is 23.8 Å². The zero-order valence-electron chi connectivity index (χ0n) is 24.6. The van der Waals surface area contributed by atoms with Gasteiger partial charge in [-0.2, -0.15) is 0 Å². The van der Waals surface area contributed by atoms with Gasteiger partial charge in [0.15, 0.2) is 5.78 Å². The molecule has 3 aromatic heterocycles. The lowest BCUT2D eigenvalue weighted by Gasteiger charge is -2.33. The first kappa shape index (κ1) is 28.5. The highest BCUT2D eigenvalue weighted by Gasteiger charge is 2.33. The summed E-state index contributed by atoms with van der Waals surface area (Å²) in [6, 6.07) is 8.58. The van der Waals surface area contributed by atoms with Gasteiger partial charge in [0.1, 0.15) is 11.4 Å². The van der Waals surface area contributed by atoms with Gasteiger partial charge in [0.2, 0.25) is 0 Å². The highest BCUT2D eigenvalue weighted by atomic mass is 19.1. The second-order valence-electron chi connectivity index (χ2n) is 12.1. The van der Waals surface area contributed by atoms with E-state index >= 15 is 0 Å². The number of ether oxygens (including phenoxy) is 1. The average Bonchev–Trinajstić information content (AvgIpc) is 3.23. The number of amides is 1. The number of Topliss-reactive ketones (excluding diaryl/α,β-unsaturated/α-hetero) is 1. The van der Waals surface area contributed by atoms with Crippen molar-refractivity contribution < 1.29 is 18.7 Å². The first-order chi connectivity index (χ1) is 19.5. The van der Waals surface area contributed by atoms with Crippen LogP contribution in [0, 0.1) is 18.7 Å². The molecule has 1 aliphatic rings. The monoisotopic (exact) mass is 556 g/mol. The minimum atomic E-state index is -0.568. The molecule has 0 aliphatic carbocycles. The smallest absolute Gasteiger partial charge is 0.410 e. The van der Waals surface area contributed by atoms with Crippen LogP contribution in [0.25, 0.3) is 27.7 Å². The van der Waals surface area contributed by atoms with E-state index in [1.807, 2.05) is 44.4 Å². The Balaban J connectivity index is 1.55. The highest BCUT2D eigenvalue weighted by molar-refractivity contribution is 6.11. The Kier molecular flexibility index (Phi) is 7.68. The molecule has 1 aromatic carbocycles. The molecule has 8 heteroatoms. The van der Waals surface area contributed by atoms with E-state index in [-0.39, 0.29) is 29.5 Å². The first-order valence-corrected chi connectivity index (χ1v) is 14.2. The van der Waals surface area contributed by atoms with Crippen molar-refractivity contribution >= 4 is 22.8 Å². The lowest BCUT2D eigenvalue weighted by Crippen LogP contribution is -2.43. The molecular weight excluding hydrogens is 519 g/mol. The summed E-state index contributed by atoms with van der Waals surface area (Å²) in [5.74, 6) is -0.313. The number of carbonyl (C=O) groups is 2. The maximum atomic E-state index is 14.7. The van der Waals surface area contributed by atoms with Crippen LogP contribution < -0.4 is 0 Å². The van der Waals surface area contributed by atoms with Crippen molar-refractivity contribution in [1.82, 2.24) is 19.4 Å². The lowest BCUT2D eigenvalue weighted by atomic mass is 9.88. The van der Waals surface area contributed by atoms with Crippen LogP contribution >= 0.6 is 0 Å². The molecule has 4 aromatic rings. The topological polar surface area (TPSA) is 77.3 Å². The van der Waals surface area contributed by atoms with Crippen molar-refractivity contribution in [3.8, 4) is 16.8 Å². The quantitative estimate of drug-likeness (QED) is 0.238. The van der Waals surface area contributed by atoms with E-state index in [1.54, 1.807) is 35.8 Å². The fraction of sp³-hybridized carbons (Fsp3) is 0.394. The number of nitrogens with zero attached hydrogens (tertiary/aromatic N) is 4. The summed E-state index contributed by atoms with van der Waals surface area (Å²) in [4.78, 5) is 37.1. The third-order valence-electron chi connectivity index (χ3n) is 7.74. The summed E-state index contributed by atoms with van der Waals surface area (Å²) in [6.07, 6.45) is 7.75. The van der Waals surface area contributed by atoms with Crippen LogP contribution in [0.2, 0.25) is 0 Å². The van der Waals surface area contributed by atoms with Gasteiger partial charge in [0, 0.05) is 65.4 Å². The van der Waals surface area contributed by atoms with Crippen LogP contribution in [0.4, 0.5) is 9.18 Å². The summed E-state index contributed by atoms with van der Waals surface area (Å²) < 4.78 is 22.3. The van der Waals surface area contributed by atoms with Gasteiger partial charge in [-0.05, 0) is 82.3 Å². The van der Waals surface area contributed by atoms with E-state index < -0.39 is 5.60 Å². The number of fused-ring (bicyclic) bond motifs is 1.